The lowest BCUT2D eigenvalue weighted by Crippen LogP contribution is -2.33. The molecule has 136 valence electrons. The van der Waals surface area contributed by atoms with Crippen LogP contribution in [-0.4, -0.2) is 36.2 Å². The normalized spacial score (nSPS) is 33.9. The summed E-state index contributed by atoms with van der Waals surface area (Å²) in [5.41, 5.74) is 2.12. The molecule has 25 heavy (non-hydrogen) atoms. The van der Waals surface area contributed by atoms with Gasteiger partial charge in [-0.1, -0.05) is 17.7 Å². The van der Waals surface area contributed by atoms with E-state index in [0.29, 0.717) is 18.4 Å². The Labute approximate surface area is 147 Å². The Hall–Kier alpha value is -2.37. The van der Waals surface area contributed by atoms with Crippen LogP contribution in [0.3, 0.4) is 0 Å². The lowest BCUT2D eigenvalue weighted by atomic mass is 9.85. The number of carbonyl (C=O) groups excluding carboxylic acids is 3. The van der Waals surface area contributed by atoms with E-state index in [9.17, 15) is 14.4 Å². The van der Waals surface area contributed by atoms with Gasteiger partial charge in [-0.05, 0) is 26.0 Å². The summed E-state index contributed by atoms with van der Waals surface area (Å²) in [5.74, 6) is -1.71. The van der Waals surface area contributed by atoms with E-state index in [-0.39, 0.29) is 5.97 Å². The molecule has 0 bridgehead atoms. The van der Waals surface area contributed by atoms with Crippen molar-refractivity contribution in [3.8, 4) is 0 Å². The third kappa shape index (κ3) is 4.81. The van der Waals surface area contributed by atoms with E-state index in [4.69, 9.17) is 14.2 Å². The van der Waals surface area contributed by atoms with E-state index in [1.807, 2.05) is 26.0 Å². The van der Waals surface area contributed by atoms with Crippen LogP contribution in [0.1, 0.15) is 40.5 Å². The predicted octanol–water partition coefficient (Wildman–Crippen LogP) is 2.63. The average Bonchev–Trinajstić information content (AvgIpc) is 2.70. The van der Waals surface area contributed by atoms with E-state index in [2.05, 4.69) is 6.58 Å². The van der Waals surface area contributed by atoms with E-state index in [1.165, 1.54) is 13.8 Å². The molecule has 0 aromatic carbocycles. The summed E-state index contributed by atoms with van der Waals surface area (Å²) in [6.45, 7) is 10.3. The molecule has 2 aliphatic rings. The summed E-state index contributed by atoms with van der Waals surface area (Å²) in [6, 6.07) is 0. The zero-order valence-corrected chi connectivity index (χ0v) is 15.0. The molecule has 1 aliphatic carbocycles. The molecule has 0 aromatic rings. The van der Waals surface area contributed by atoms with Gasteiger partial charge in [0.2, 0.25) is 0 Å². The monoisotopic (exact) mass is 348 g/mol. The minimum Gasteiger partial charge on any atom is -0.461 e. The van der Waals surface area contributed by atoms with Crippen LogP contribution in [0.5, 0.6) is 0 Å². The Morgan fingerprint density at radius 1 is 1.08 bits per heavy atom. The van der Waals surface area contributed by atoms with Crippen LogP contribution in [-0.2, 0) is 28.6 Å². The second-order valence-corrected chi connectivity index (χ2v) is 6.65. The van der Waals surface area contributed by atoms with Crippen LogP contribution in [0, 0.1) is 5.92 Å². The summed E-state index contributed by atoms with van der Waals surface area (Å²) in [7, 11) is 0. The van der Waals surface area contributed by atoms with E-state index >= 15 is 0 Å². The molecule has 0 saturated carbocycles. The number of fused-ring (bicyclic) bond motifs is 1. The molecule has 1 aliphatic heterocycles. The molecule has 6 heteroatoms. The van der Waals surface area contributed by atoms with Crippen molar-refractivity contribution >= 4 is 17.9 Å². The molecule has 1 saturated heterocycles. The first-order valence-electron chi connectivity index (χ1n) is 8.26. The Morgan fingerprint density at radius 3 is 2.28 bits per heavy atom. The fourth-order valence-electron chi connectivity index (χ4n) is 3.35. The van der Waals surface area contributed by atoms with E-state index < -0.39 is 36.2 Å². The lowest BCUT2D eigenvalue weighted by Gasteiger charge is -2.27. The van der Waals surface area contributed by atoms with Gasteiger partial charge in [0, 0.05) is 32.3 Å². The zero-order chi connectivity index (χ0) is 18.7. The van der Waals surface area contributed by atoms with Crippen LogP contribution < -0.4 is 0 Å². The highest BCUT2D eigenvalue weighted by molar-refractivity contribution is 5.91. The SMILES string of the molecule is C=C1C(=O)O[C@@H]2/C=C(/C)C[C@@H](OC(C)=O)/C=C(/C)C[C@@H](OC(C)=O)[C@@H]12. The summed E-state index contributed by atoms with van der Waals surface area (Å²) in [4.78, 5) is 34.9. The van der Waals surface area contributed by atoms with Gasteiger partial charge in [0.05, 0.1) is 5.92 Å². The summed E-state index contributed by atoms with van der Waals surface area (Å²) in [5, 5.41) is 0. The van der Waals surface area contributed by atoms with Crippen molar-refractivity contribution in [1.29, 1.82) is 0 Å². The van der Waals surface area contributed by atoms with Gasteiger partial charge in [-0.2, -0.15) is 0 Å². The molecule has 0 unspecified atom stereocenters. The minimum absolute atomic E-state index is 0.310. The second-order valence-electron chi connectivity index (χ2n) is 6.65. The van der Waals surface area contributed by atoms with Crippen molar-refractivity contribution in [3.05, 3.63) is 35.5 Å². The van der Waals surface area contributed by atoms with E-state index in [0.717, 1.165) is 11.1 Å². The molecule has 1 fully saturated rings. The Bertz CT molecular complexity index is 657. The van der Waals surface area contributed by atoms with Gasteiger partial charge in [0.25, 0.3) is 0 Å². The number of ether oxygens (including phenoxy) is 3. The molecule has 4 atom stereocenters. The molecular formula is C19H24O6. The maximum absolute atomic E-state index is 12.0. The first kappa shape index (κ1) is 19.0. The van der Waals surface area contributed by atoms with E-state index in [1.54, 1.807) is 0 Å². The Balaban J connectivity index is 2.42. The maximum atomic E-state index is 12.0. The highest BCUT2D eigenvalue weighted by Gasteiger charge is 2.44. The molecule has 0 amide bonds. The minimum atomic E-state index is -0.571. The fourth-order valence-corrected chi connectivity index (χ4v) is 3.35. The van der Waals surface area contributed by atoms with Crippen molar-refractivity contribution in [2.75, 3.05) is 0 Å². The number of hydrogen-bond acceptors (Lipinski definition) is 6. The topological polar surface area (TPSA) is 78.9 Å². The smallest absolute Gasteiger partial charge is 0.334 e. The van der Waals surface area contributed by atoms with Crippen LogP contribution in [0.25, 0.3) is 0 Å². The quantitative estimate of drug-likeness (QED) is 0.330. The Morgan fingerprint density at radius 2 is 1.68 bits per heavy atom. The van der Waals surface area contributed by atoms with Gasteiger partial charge >= 0.3 is 17.9 Å². The highest BCUT2D eigenvalue weighted by atomic mass is 16.6. The number of rotatable bonds is 2. The van der Waals surface area contributed by atoms with Gasteiger partial charge in [0.15, 0.2) is 0 Å². The standard InChI is InChI=1S/C19H24O6/c1-10-6-15(23-13(4)20)7-11(2)9-17-18(12(3)19(22)25-17)16(8-10)24-14(5)21/h6,9,15-18H,3,7-8H2,1-2,4-5H3/b10-6-,11-9-/t15-,16+,17+,18+/m0/s1. The number of carbonyl (C=O) groups is 3. The van der Waals surface area contributed by atoms with Gasteiger partial charge in [0.1, 0.15) is 18.3 Å². The number of hydrogen-bond donors (Lipinski definition) is 0. The first-order valence-corrected chi connectivity index (χ1v) is 8.26. The predicted molar refractivity (Wildman–Crippen MR) is 90.4 cm³/mol. The molecule has 0 spiro atoms. The van der Waals surface area contributed by atoms with Crippen LogP contribution >= 0.6 is 0 Å². The Kier molecular flexibility index (Phi) is 5.82. The molecule has 2 rings (SSSR count). The van der Waals surface area contributed by atoms with Crippen LogP contribution in [0.2, 0.25) is 0 Å². The number of esters is 3. The molecule has 1 heterocycles. The zero-order valence-electron chi connectivity index (χ0n) is 15.0. The van der Waals surface area contributed by atoms with Gasteiger partial charge in [-0.15, -0.1) is 0 Å². The van der Waals surface area contributed by atoms with Crippen molar-refractivity contribution in [2.45, 2.75) is 58.8 Å². The molecule has 0 radical (unpaired) electrons. The van der Waals surface area contributed by atoms with Crippen molar-refractivity contribution in [3.63, 3.8) is 0 Å². The lowest BCUT2D eigenvalue weighted by molar-refractivity contribution is -0.149. The second kappa shape index (κ2) is 7.68. The molecule has 6 nitrogen and oxygen atoms in total. The van der Waals surface area contributed by atoms with Gasteiger partial charge < -0.3 is 14.2 Å². The molecule has 0 aromatic heterocycles. The molecular weight excluding hydrogens is 324 g/mol. The van der Waals surface area contributed by atoms with Crippen LogP contribution in [0.4, 0.5) is 0 Å². The highest BCUT2D eigenvalue weighted by Crippen LogP contribution is 2.36. The fraction of sp³-hybridized carbons (Fsp3) is 0.526. The summed E-state index contributed by atoms with van der Waals surface area (Å²) < 4.78 is 16.2. The maximum Gasteiger partial charge on any atom is 0.334 e. The average molecular weight is 348 g/mol. The van der Waals surface area contributed by atoms with Gasteiger partial charge in [-0.3, -0.25) is 9.59 Å². The van der Waals surface area contributed by atoms with Crippen LogP contribution in [0.15, 0.2) is 35.5 Å². The van der Waals surface area contributed by atoms with Gasteiger partial charge in [-0.25, -0.2) is 4.79 Å². The third-order valence-electron chi connectivity index (χ3n) is 4.26. The van der Waals surface area contributed by atoms with Crippen molar-refractivity contribution in [1.82, 2.24) is 0 Å². The van der Waals surface area contributed by atoms with Crippen molar-refractivity contribution in [2.24, 2.45) is 5.92 Å². The largest absolute Gasteiger partial charge is 0.461 e. The molecule has 0 N–H and O–H groups in total. The summed E-state index contributed by atoms with van der Waals surface area (Å²) >= 11 is 0. The third-order valence-corrected chi connectivity index (χ3v) is 4.26. The first-order chi connectivity index (χ1) is 11.7. The summed E-state index contributed by atoms with van der Waals surface area (Å²) in [6.07, 6.45) is 3.05. The van der Waals surface area contributed by atoms with Crippen molar-refractivity contribution < 1.29 is 28.6 Å².